The molecule has 0 aliphatic rings. The molecule has 1 aromatic heterocycles. The third-order valence-corrected chi connectivity index (χ3v) is 2.55. The van der Waals surface area contributed by atoms with Gasteiger partial charge in [0, 0.05) is 6.20 Å². The molecule has 0 fully saturated rings. The lowest BCUT2D eigenvalue weighted by Gasteiger charge is -2.13. The average Bonchev–Trinajstić information content (AvgIpc) is 2.92. The maximum absolute atomic E-state index is 13.5. The molecular formula is C12H6F7N3. The van der Waals surface area contributed by atoms with Gasteiger partial charge in [-0.15, -0.1) is 0 Å². The molecule has 2 N–H and O–H groups in total. The highest BCUT2D eigenvalue weighted by atomic mass is 19.4. The predicted octanol–water partition coefficient (Wildman–Crippen LogP) is 4.04. The number of anilines is 1. The molecule has 1 heterocycles. The number of aromatic nitrogens is 1. The summed E-state index contributed by atoms with van der Waals surface area (Å²) in [7, 11) is 0. The number of H-pyrrole nitrogens is 1. The van der Waals surface area contributed by atoms with E-state index in [0.29, 0.717) is 5.69 Å². The summed E-state index contributed by atoms with van der Waals surface area (Å²) in [5.41, 5.74) is -2.10. The second-order valence-corrected chi connectivity index (χ2v) is 4.00. The molecule has 0 spiro atoms. The van der Waals surface area contributed by atoms with Gasteiger partial charge in [0.15, 0.2) is 23.3 Å². The molecule has 2 rings (SSSR count). The van der Waals surface area contributed by atoms with Crippen molar-refractivity contribution in [1.29, 1.82) is 0 Å². The lowest BCUT2D eigenvalue weighted by atomic mass is 10.1. The zero-order valence-electron chi connectivity index (χ0n) is 10.4. The molecule has 0 aliphatic carbocycles. The van der Waals surface area contributed by atoms with Crippen molar-refractivity contribution < 1.29 is 30.7 Å². The van der Waals surface area contributed by atoms with Crippen molar-refractivity contribution in [2.45, 2.75) is 6.18 Å². The van der Waals surface area contributed by atoms with Gasteiger partial charge in [-0.2, -0.15) is 18.3 Å². The van der Waals surface area contributed by atoms with Crippen molar-refractivity contribution in [3.8, 4) is 0 Å². The van der Waals surface area contributed by atoms with E-state index in [1.165, 1.54) is 12.3 Å². The number of aromatic amines is 1. The van der Waals surface area contributed by atoms with Crippen molar-refractivity contribution in [1.82, 2.24) is 4.98 Å². The molecule has 0 atom stereocenters. The first kappa shape index (κ1) is 15.9. The molecule has 0 aliphatic heterocycles. The Balaban J connectivity index is 2.41. The highest BCUT2D eigenvalue weighted by Gasteiger charge is 2.42. The Morgan fingerprint density at radius 1 is 1.00 bits per heavy atom. The fourth-order valence-corrected chi connectivity index (χ4v) is 1.57. The number of hydrogen-bond acceptors (Lipinski definition) is 2. The SMILES string of the molecule is Fc1c(F)c(C(F)(F)F)c(F)c(F)c1N/N=C\c1ccc[nH]1. The Labute approximate surface area is 118 Å². The van der Waals surface area contributed by atoms with Crippen LogP contribution in [0.4, 0.5) is 36.4 Å². The number of hydrazone groups is 1. The minimum absolute atomic E-state index is 0.376. The van der Waals surface area contributed by atoms with Gasteiger partial charge in [0.2, 0.25) is 0 Å². The molecule has 10 heteroatoms. The van der Waals surface area contributed by atoms with E-state index < -0.39 is 40.7 Å². The van der Waals surface area contributed by atoms with Crippen LogP contribution in [0.5, 0.6) is 0 Å². The second kappa shape index (κ2) is 5.70. The van der Waals surface area contributed by atoms with E-state index in [1.807, 2.05) is 0 Å². The molecule has 118 valence electrons. The van der Waals surface area contributed by atoms with E-state index in [0.717, 1.165) is 6.21 Å². The molecular weight excluding hydrogens is 319 g/mol. The van der Waals surface area contributed by atoms with Gasteiger partial charge < -0.3 is 4.98 Å². The molecule has 0 saturated heterocycles. The van der Waals surface area contributed by atoms with Gasteiger partial charge >= 0.3 is 6.18 Å². The first-order chi connectivity index (χ1) is 10.2. The molecule has 0 radical (unpaired) electrons. The number of benzene rings is 1. The van der Waals surface area contributed by atoms with Crippen LogP contribution in [0.1, 0.15) is 11.3 Å². The standard InChI is InChI=1S/C12H6F7N3/c13-7-6(12(17,18)19)8(14)10(16)11(9(7)15)22-21-4-5-2-1-3-20-5/h1-4,20,22H/b21-4-. The molecule has 0 amide bonds. The molecule has 3 nitrogen and oxygen atoms in total. The van der Waals surface area contributed by atoms with Crippen LogP contribution in [0.15, 0.2) is 23.4 Å². The fourth-order valence-electron chi connectivity index (χ4n) is 1.57. The summed E-state index contributed by atoms with van der Waals surface area (Å²) in [6.07, 6.45) is -3.08. The van der Waals surface area contributed by atoms with Crippen molar-refractivity contribution in [3.05, 3.63) is 52.9 Å². The van der Waals surface area contributed by atoms with Crippen molar-refractivity contribution in [2.75, 3.05) is 5.43 Å². The number of nitrogens with zero attached hydrogens (tertiary/aromatic N) is 1. The van der Waals surface area contributed by atoms with Crippen LogP contribution < -0.4 is 5.43 Å². The molecule has 1 aromatic carbocycles. The quantitative estimate of drug-likeness (QED) is 0.380. The highest BCUT2D eigenvalue weighted by molar-refractivity contribution is 5.77. The van der Waals surface area contributed by atoms with Gasteiger partial charge in [-0.3, -0.25) is 5.43 Å². The largest absolute Gasteiger partial charge is 0.422 e. The van der Waals surface area contributed by atoms with E-state index >= 15 is 0 Å². The lowest BCUT2D eigenvalue weighted by Crippen LogP contribution is -2.16. The topological polar surface area (TPSA) is 40.2 Å². The third-order valence-electron chi connectivity index (χ3n) is 2.55. The first-order valence-electron chi connectivity index (χ1n) is 5.59. The number of alkyl halides is 3. The van der Waals surface area contributed by atoms with E-state index in [-0.39, 0.29) is 0 Å². The van der Waals surface area contributed by atoms with Gasteiger partial charge in [0.1, 0.15) is 11.3 Å². The Kier molecular flexibility index (Phi) is 4.11. The number of rotatable bonds is 3. The van der Waals surface area contributed by atoms with Crippen molar-refractivity contribution in [2.24, 2.45) is 5.10 Å². The van der Waals surface area contributed by atoms with E-state index in [2.05, 4.69) is 10.1 Å². The van der Waals surface area contributed by atoms with Crippen molar-refractivity contribution >= 4 is 11.9 Å². The Hall–Kier alpha value is -2.52. The Morgan fingerprint density at radius 2 is 1.59 bits per heavy atom. The summed E-state index contributed by atoms with van der Waals surface area (Å²) in [4.78, 5) is 2.63. The monoisotopic (exact) mass is 325 g/mol. The fraction of sp³-hybridized carbons (Fsp3) is 0.0833. The molecule has 0 unspecified atom stereocenters. The molecule has 0 bridgehead atoms. The summed E-state index contributed by atoms with van der Waals surface area (Å²) < 4.78 is 90.7. The van der Waals surface area contributed by atoms with Crippen LogP contribution in [0.2, 0.25) is 0 Å². The zero-order valence-corrected chi connectivity index (χ0v) is 10.4. The van der Waals surface area contributed by atoms with Crippen LogP contribution in [-0.2, 0) is 6.18 Å². The zero-order chi connectivity index (χ0) is 16.5. The summed E-state index contributed by atoms with van der Waals surface area (Å²) in [5.74, 6) is -9.56. The smallest absolute Gasteiger partial charge is 0.360 e. The highest BCUT2D eigenvalue weighted by Crippen LogP contribution is 2.38. The summed E-state index contributed by atoms with van der Waals surface area (Å²) >= 11 is 0. The predicted molar refractivity (Wildman–Crippen MR) is 63.3 cm³/mol. The van der Waals surface area contributed by atoms with Crippen LogP contribution >= 0.6 is 0 Å². The maximum Gasteiger partial charge on any atom is 0.422 e. The summed E-state index contributed by atoms with van der Waals surface area (Å²) in [5, 5.41) is 3.28. The van der Waals surface area contributed by atoms with Crippen LogP contribution in [-0.4, -0.2) is 11.2 Å². The summed E-state index contributed by atoms with van der Waals surface area (Å²) in [6.45, 7) is 0. The minimum atomic E-state index is -5.58. The van der Waals surface area contributed by atoms with Crippen LogP contribution in [0, 0.1) is 23.3 Å². The van der Waals surface area contributed by atoms with Gasteiger partial charge in [0.05, 0.1) is 11.9 Å². The Morgan fingerprint density at radius 3 is 2.05 bits per heavy atom. The first-order valence-corrected chi connectivity index (χ1v) is 5.59. The molecule has 0 saturated carbocycles. The van der Waals surface area contributed by atoms with Crippen molar-refractivity contribution in [3.63, 3.8) is 0 Å². The number of nitrogens with one attached hydrogen (secondary N) is 2. The van der Waals surface area contributed by atoms with Crippen LogP contribution in [0.25, 0.3) is 0 Å². The minimum Gasteiger partial charge on any atom is -0.360 e. The van der Waals surface area contributed by atoms with Gasteiger partial charge in [-0.25, -0.2) is 17.6 Å². The molecule has 2 aromatic rings. The van der Waals surface area contributed by atoms with E-state index in [1.54, 1.807) is 11.5 Å². The maximum atomic E-state index is 13.5. The average molecular weight is 325 g/mol. The number of hydrogen-bond donors (Lipinski definition) is 2. The van der Waals surface area contributed by atoms with Crippen LogP contribution in [0.3, 0.4) is 0 Å². The molecule has 22 heavy (non-hydrogen) atoms. The van der Waals surface area contributed by atoms with Gasteiger partial charge in [-0.1, -0.05) is 0 Å². The van der Waals surface area contributed by atoms with Gasteiger partial charge in [-0.05, 0) is 12.1 Å². The summed E-state index contributed by atoms with van der Waals surface area (Å²) in [6, 6.07) is 3.08. The van der Waals surface area contributed by atoms with E-state index in [4.69, 9.17) is 0 Å². The normalized spacial score (nSPS) is 12.1. The lowest BCUT2D eigenvalue weighted by molar-refractivity contribution is -0.143. The van der Waals surface area contributed by atoms with E-state index in [9.17, 15) is 30.7 Å². The third kappa shape index (κ3) is 2.90. The van der Waals surface area contributed by atoms with Gasteiger partial charge in [0.25, 0.3) is 0 Å². The Bertz CT molecular complexity index is 675. The second-order valence-electron chi connectivity index (χ2n) is 4.00. The number of halogens is 7.